The van der Waals surface area contributed by atoms with E-state index in [0.717, 1.165) is 26.0 Å². The van der Waals surface area contributed by atoms with Gasteiger partial charge in [-0.05, 0) is 38.8 Å². The van der Waals surface area contributed by atoms with Crippen molar-refractivity contribution in [2.24, 2.45) is 0 Å². The number of nitrogens with zero attached hydrogens (tertiary/aromatic N) is 1. The van der Waals surface area contributed by atoms with E-state index in [-0.39, 0.29) is 5.79 Å². The van der Waals surface area contributed by atoms with Crippen molar-refractivity contribution in [3.05, 3.63) is 0 Å². The summed E-state index contributed by atoms with van der Waals surface area (Å²) >= 11 is 0. The number of hydrogen-bond donors (Lipinski definition) is 0. The van der Waals surface area contributed by atoms with Crippen LogP contribution >= 0.6 is 0 Å². The Morgan fingerprint density at radius 2 is 1.65 bits per heavy atom. The molecule has 1 atom stereocenters. The molecule has 1 aliphatic carbocycles. The Morgan fingerprint density at radius 1 is 0.941 bits per heavy atom. The molecule has 3 heteroatoms. The monoisotopic (exact) mass is 239 g/mol. The van der Waals surface area contributed by atoms with Gasteiger partial charge >= 0.3 is 0 Å². The van der Waals surface area contributed by atoms with Crippen LogP contribution in [0.2, 0.25) is 0 Å². The molecular weight excluding hydrogens is 214 g/mol. The lowest BCUT2D eigenvalue weighted by molar-refractivity contribution is -0.188. The van der Waals surface area contributed by atoms with Gasteiger partial charge in [0.2, 0.25) is 0 Å². The Morgan fingerprint density at radius 3 is 2.41 bits per heavy atom. The van der Waals surface area contributed by atoms with Gasteiger partial charge in [0.25, 0.3) is 0 Å². The minimum atomic E-state index is -0.182. The summed E-state index contributed by atoms with van der Waals surface area (Å²) in [6, 6.07) is 0. The normalized spacial score (nSPS) is 34.2. The van der Waals surface area contributed by atoms with Crippen molar-refractivity contribution in [3.8, 4) is 0 Å². The lowest BCUT2D eigenvalue weighted by atomic mass is 9.94. The Balaban J connectivity index is 1.49. The summed E-state index contributed by atoms with van der Waals surface area (Å²) in [7, 11) is 0. The van der Waals surface area contributed by atoms with Gasteiger partial charge in [-0.25, -0.2) is 0 Å². The van der Waals surface area contributed by atoms with Crippen LogP contribution in [0.5, 0.6) is 0 Å². The van der Waals surface area contributed by atoms with Crippen molar-refractivity contribution in [1.29, 1.82) is 0 Å². The van der Waals surface area contributed by atoms with Gasteiger partial charge in [-0.2, -0.15) is 0 Å². The second-order valence-electron chi connectivity index (χ2n) is 5.88. The maximum atomic E-state index is 6.23. The minimum Gasteiger partial charge on any atom is -0.347 e. The predicted octanol–water partition coefficient (Wildman–Crippen LogP) is 2.55. The highest BCUT2D eigenvalue weighted by Crippen LogP contribution is 2.37. The zero-order valence-corrected chi connectivity index (χ0v) is 10.8. The van der Waals surface area contributed by atoms with Crippen molar-refractivity contribution < 1.29 is 9.47 Å². The average molecular weight is 239 g/mol. The molecule has 17 heavy (non-hydrogen) atoms. The third-order valence-corrected chi connectivity index (χ3v) is 4.44. The van der Waals surface area contributed by atoms with E-state index in [1.54, 1.807) is 0 Å². The van der Waals surface area contributed by atoms with E-state index in [2.05, 4.69) is 4.90 Å². The first-order valence-corrected chi connectivity index (χ1v) is 7.40. The van der Waals surface area contributed by atoms with E-state index >= 15 is 0 Å². The van der Waals surface area contributed by atoms with Crippen LogP contribution in [0.3, 0.4) is 0 Å². The van der Waals surface area contributed by atoms with E-state index < -0.39 is 0 Å². The second kappa shape index (κ2) is 5.25. The van der Waals surface area contributed by atoms with Gasteiger partial charge < -0.3 is 14.4 Å². The van der Waals surface area contributed by atoms with E-state index in [0.29, 0.717) is 6.10 Å². The molecule has 2 saturated heterocycles. The van der Waals surface area contributed by atoms with E-state index in [9.17, 15) is 0 Å². The summed E-state index contributed by atoms with van der Waals surface area (Å²) in [5.74, 6) is -0.182. The third-order valence-electron chi connectivity index (χ3n) is 4.44. The Kier molecular flexibility index (Phi) is 3.69. The summed E-state index contributed by atoms with van der Waals surface area (Å²) in [5.41, 5.74) is 0. The fourth-order valence-electron chi connectivity index (χ4n) is 3.49. The number of ether oxygens (including phenoxy) is 2. The molecular formula is C14H25NO2. The maximum absolute atomic E-state index is 6.23. The molecule has 3 fully saturated rings. The largest absolute Gasteiger partial charge is 0.347 e. The fraction of sp³-hybridized carbons (Fsp3) is 1.00. The van der Waals surface area contributed by atoms with Crippen LogP contribution in [-0.4, -0.2) is 43.0 Å². The fourth-order valence-corrected chi connectivity index (χ4v) is 3.49. The molecule has 0 N–H and O–H groups in total. The van der Waals surface area contributed by atoms with Crippen molar-refractivity contribution in [3.63, 3.8) is 0 Å². The molecule has 0 aromatic rings. The minimum absolute atomic E-state index is 0.182. The van der Waals surface area contributed by atoms with Crippen LogP contribution < -0.4 is 0 Å². The van der Waals surface area contributed by atoms with Crippen LogP contribution in [0, 0.1) is 0 Å². The smallest absolute Gasteiger partial charge is 0.168 e. The highest BCUT2D eigenvalue weighted by molar-refractivity contribution is 4.84. The van der Waals surface area contributed by atoms with Gasteiger partial charge in [-0.3, -0.25) is 0 Å². The highest BCUT2D eigenvalue weighted by atomic mass is 16.7. The van der Waals surface area contributed by atoms with E-state index in [1.807, 2.05) is 0 Å². The maximum Gasteiger partial charge on any atom is 0.168 e. The number of hydrogen-bond acceptors (Lipinski definition) is 3. The van der Waals surface area contributed by atoms with Gasteiger partial charge in [0.05, 0.1) is 12.7 Å². The topological polar surface area (TPSA) is 21.7 Å². The molecule has 98 valence electrons. The first-order chi connectivity index (χ1) is 8.36. The molecule has 3 aliphatic rings. The van der Waals surface area contributed by atoms with Gasteiger partial charge in [0.15, 0.2) is 5.79 Å². The lowest BCUT2D eigenvalue weighted by Gasteiger charge is -2.33. The Bertz CT molecular complexity index is 245. The summed E-state index contributed by atoms with van der Waals surface area (Å²) in [6.45, 7) is 4.41. The number of piperidine rings is 1. The number of rotatable bonds is 2. The molecule has 3 nitrogen and oxygen atoms in total. The van der Waals surface area contributed by atoms with E-state index in [4.69, 9.17) is 9.47 Å². The molecule has 1 saturated carbocycles. The molecule has 0 unspecified atom stereocenters. The SMILES string of the molecule is C1CCN(C[C@H]2COC3(CCCCC3)O2)CC1. The van der Waals surface area contributed by atoms with Crippen molar-refractivity contribution >= 4 is 0 Å². The predicted molar refractivity (Wildman–Crippen MR) is 66.9 cm³/mol. The van der Waals surface area contributed by atoms with Crippen molar-refractivity contribution in [2.75, 3.05) is 26.2 Å². The summed E-state index contributed by atoms with van der Waals surface area (Å²) < 4.78 is 12.2. The Labute approximate surface area is 104 Å². The summed E-state index contributed by atoms with van der Waals surface area (Å²) in [5, 5.41) is 0. The van der Waals surface area contributed by atoms with Crippen molar-refractivity contribution in [1.82, 2.24) is 4.90 Å². The highest BCUT2D eigenvalue weighted by Gasteiger charge is 2.42. The van der Waals surface area contributed by atoms with Gasteiger partial charge in [0, 0.05) is 19.4 Å². The van der Waals surface area contributed by atoms with Crippen LogP contribution in [0.15, 0.2) is 0 Å². The third kappa shape index (κ3) is 2.83. The first kappa shape index (κ1) is 11.9. The number of likely N-dealkylation sites (tertiary alicyclic amines) is 1. The zero-order chi connectivity index (χ0) is 11.6. The van der Waals surface area contributed by atoms with Gasteiger partial charge in [-0.15, -0.1) is 0 Å². The molecule has 3 rings (SSSR count). The molecule has 0 radical (unpaired) electrons. The van der Waals surface area contributed by atoms with Crippen LogP contribution in [0.25, 0.3) is 0 Å². The van der Waals surface area contributed by atoms with Gasteiger partial charge in [-0.1, -0.05) is 12.8 Å². The molecule has 0 amide bonds. The molecule has 1 spiro atoms. The quantitative estimate of drug-likeness (QED) is 0.739. The molecule has 0 aromatic carbocycles. The Hall–Kier alpha value is -0.120. The first-order valence-electron chi connectivity index (χ1n) is 7.40. The van der Waals surface area contributed by atoms with Gasteiger partial charge in [0.1, 0.15) is 0 Å². The summed E-state index contributed by atoms with van der Waals surface area (Å²) in [4.78, 5) is 2.55. The standard InChI is InChI=1S/C14H25NO2/c1-3-7-14(8-4-1)16-12-13(17-14)11-15-9-5-2-6-10-15/h13H,1-12H2/t13-/m0/s1. The average Bonchev–Trinajstić information content (AvgIpc) is 2.74. The van der Waals surface area contributed by atoms with E-state index in [1.165, 1.54) is 51.6 Å². The van der Waals surface area contributed by atoms with Crippen LogP contribution in [-0.2, 0) is 9.47 Å². The zero-order valence-electron chi connectivity index (χ0n) is 10.8. The summed E-state index contributed by atoms with van der Waals surface area (Å²) in [6.07, 6.45) is 10.6. The second-order valence-corrected chi connectivity index (χ2v) is 5.88. The lowest BCUT2D eigenvalue weighted by Crippen LogP contribution is -2.39. The molecule has 2 heterocycles. The van der Waals surface area contributed by atoms with Crippen LogP contribution in [0.1, 0.15) is 51.4 Å². The van der Waals surface area contributed by atoms with Crippen LogP contribution in [0.4, 0.5) is 0 Å². The molecule has 2 aliphatic heterocycles. The molecule has 0 aromatic heterocycles. The molecule has 0 bridgehead atoms. The van der Waals surface area contributed by atoms with Crippen molar-refractivity contribution in [2.45, 2.75) is 63.3 Å².